The number of halogens is 1. The summed E-state index contributed by atoms with van der Waals surface area (Å²) in [6.07, 6.45) is 0. The van der Waals surface area contributed by atoms with Gasteiger partial charge in [0.15, 0.2) is 5.69 Å². The predicted molar refractivity (Wildman–Crippen MR) is 79.3 cm³/mol. The summed E-state index contributed by atoms with van der Waals surface area (Å²) < 4.78 is 39.5. The van der Waals surface area contributed by atoms with Crippen molar-refractivity contribution in [2.45, 2.75) is 17.4 Å². The number of carbonyl (C=O) groups is 1. The maximum absolute atomic E-state index is 13.3. The van der Waals surface area contributed by atoms with E-state index in [9.17, 15) is 22.7 Å². The highest BCUT2D eigenvalue weighted by Gasteiger charge is 2.50. The van der Waals surface area contributed by atoms with Crippen molar-refractivity contribution in [2.75, 3.05) is 13.1 Å². The Kier molecular flexibility index (Phi) is 3.70. The molecular weight excluding hydrogens is 341 g/mol. The second kappa shape index (κ2) is 5.36. The van der Waals surface area contributed by atoms with Gasteiger partial charge in [0.25, 0.3) is 0 Å². The van der Waals surface area contributed by atoms with Gasteiger partial charge in [-0.1, -0.05) is 12.1 Å². The molecule has 3 N–H and O–H groups in total. The summed E-state index contributed by atoms with van der Waals surface area (Å²) in [5, 5.41) is 25.4. The maximum Gasteiger partial charge on any atom is 0.357 e. The summed E-state index contributed by atoms with van der Waals surface area (Å²) in [6.45, 7) is 0.788. The van der Waals surface area contributed by atoms with Gasteiger partial charge in [-0.2, -0.15) is 9.40 Å². The van der Waals surface area contributed by atoms with Crippen molar-refractivity contribution in [3.63, 3.8) is 0 Å². The van der Waals surface area contributed by atoms with Gasteiger partial charge in [-0.05, 0) is 24.6 Å². The summed E-state index contributed by atoms with van der Waals surface area (Å²) in [6, 6.07) is 5.27. The number of aromatic carboxylic acids is 1. The normalized spacial score (nSPS) is 17.5. The fraction of sp³-hybridized carbons (Fsp3) is 0.286. The number of sulfonamides is 1. The number of carboxylic acid groups (broad SMARTS) is 1. The molecule has 0 aliphatic carbocycles. The van der Waals surface area contributed by atoms with Gasteiger partial charge in [0, 0.05) is 13.1 Å². The van der Waals surface area contributed by atoms with Gasteiger partial charge in [0.2, 0.25) is 10.0 Å². The van der Waals surface area contributed by atoms with Crippen LogP contribution in [0.1, 0.15) is 21.7 Å². The second-order valence-electron chi connectivity index (χ2n) is 5.65. The van der Waals surface area contributed by atoms with Crippen molar-refractivity contribution in [1.82, 2.24) is 14.5 Å². The van der Waals surface area contributed by atoms with Crippen LogP contribution >= 0.6 is 0 Å². The quantitative estimate of drug-likeness (QED) is 0.731. The molecule has 10 heteroatoms. The minimum atomic E-state index is -4.15. The molecule has 8 nitrogen and oxygen atoms in total. The topological polar surface area (TPSA) is 124 Å². The minimum Gasteiger partial charge on any atom is -0.476 e. The number of benzene rings is 1. The van der Waals surface area contributed by atoms with Gasteiger partial charge >= 0.3 is 5.97 Å². The fourth-order valence-corrected chi connectivity index (χ4v) is 4.51. The Balaban J connectivity index is 1.90. The van der Waals surface area contributed by atoms with E-state index in [0.29, 0.717) is 0 Å². The zero-order valence-corrected chi connectivity index (χ0v) is 13.3. The number of β-amino-alcohol motifs (C(OH)–C–C–N with tert-alkyl or cyclic N) is 1. The zero-order chi connectivity index (χ0) is 17.7. The van der Waals surface area contributed by atoms with Gasteiger partial charge < -0.3 is 10.2 Å². The van der Waals surface area contributed by atoms with E-state index in [0.717, 1.165) is 10.4 Å². The Morgan fingerprint density at radius 2 is 2.08 bits per heavy atom. The Bertz CT molecular complexity index is 918. The average molecular weight is 355 g/mol. The molecular formula is C14H14FN3O5S. The number of nitrogens with zero attached hydrogens (tertiary/aromatic N) is 2. The molecule has 0 radical (unpaired) electrons. The Morgan fingerprint density at radius 3 is 2.67 bits per heavy atom. The molecule has 0 spiro atoms. The monoisotopic (exact) mass is 355 g/mol. The van der Waals surface area contributed by atoms with Crippen LogP contribution in [0, 0.1) is 12.7 Å². The first-order valence-electron chi connectivity index (χ1n) is 6.92. The molecule has 1 aromatic carbocycles. The largest absolute Gasteiger partial charge is 0.476 e. The number of hydrogen-bond donors (Lipinski definition) is 3. The van der Waals surface area contributed by atoms with Crippen LogP contribution in [0.25, 0.3) is 0 Å². The van der Waals surface area contributed by atoms with Crippen molar-refractivity contribution < 1.29 is 27.8 Å². The van der Waals surface area contributed by atoms with Crippen LogP contribution in [-0.2, 0) is 15.6 Å². The first-order valence-corrected chi connectivity index (χ1v) is 8.36. The number of aryl methyl sites for hydroxylation is 1. The summed E-state index contributed by atoms with van der Waals surface area (Å²) in [5.41, 5.74) is -1.77. The van der Waals surface area contributed by atoms with Gasteiger partial charge in [-0.15, -0.1) is 0 Å². The number of aliphatic hydroxyl groups is 1. The lowest BCUT2D eigenvalue weighted by Gasteiger charge is -2.45. The number of H-pyrrole nitrogens is 1. The third kappa shape index (κ3) is 2.48. The minimum absolute atomic E-state index is 0.0913. The molecule has 2 heterocycles. The first kappa shape index (κ1) is 16.6. The highest BCUT2D eigenvalue weighted by Crippen LogP contribution is 2.37. The number of nitrogens with one attached hydrogen (secondary N) is 1. The molecule has 1 saturated heterocycles. The molecule has 1 aromatic heterocycles. The first-order chi connectivity index (χ1) is 11.1. The lowest BCUT2D eigenvalue weighted by Crippen LogP contribution is -2.61. The lowest BCUT2D eigenvalue weighted by atomic mass is 9.88. The van der Waals surface area contributed by atoms with E-state index in [1.165, 1.54) is 25.1 Å². The average Bonchev–Trinajstić information content (AvgIpc) is 2.86. The van der Waals surface area contributed by atoms with Crippen LogP contribution < -0.4 is 0 Å². The number of aromatic amines is 1. The SMILES string of the molecule is Cc1[nH]nc(C(=O)O)c1S(=O)(=O)N1CC(O)(c2cccc(F)c2)C1. The van der Waals surface area contributed by atoms with Crippen molar-refractivity contribution in [2.24, 2.45) is 0 Å². The molecule has 1 fully saturated rings. The molecule has 0 unspecified atom stereocenters. The molecule has 0 atom stereocenters. The van der Waals surface area contributed by atoms with E-state index >= 15 is 0 Å². The van der Waals surface area contributed by atoms with Gasteiger partial charge in [0.05, 0.1) is 5.69 Å². The highest BCUT2D eigenvalue weighted by atomic mass is 32.2. The molecule has 0 bridgehead atoms. The number of hydrogen-bond acceptors (Lipinski definition) is 5. The third-order valence-corrected chi connectivity index (χ3v) is 5.88. The van der Waals surface area contributed by atoms with E-state index in [4.69, 9.17) is 5.11 Å². The molecule has 128 valence electrons. The molecule has 24 heavy (non-hydrogen) atoms. The smallest absolute Gasteiger partial charge is 0.357 e. The summed E-state index contributed by atoms with van der Waals surface area (Å²) >= 11 is 0. The Morgan fingerprint density at radius 1 is 1.42 bits per heavy atom. The number of aromatic nitrogens is 2. The van der Waals surface area contributed by atoms with E-state index in [1.54, 1.807) is 0 Å². The molecule has 1 aliphatic rings. The van der Waals surface area contributed by atoms with Gasteiger partial charge in [-0.25, -0.2) is 17.6 Å². The summed E-state index contributed by atoms with van der Waals surface area (Å²) in [5.74, 6) is -2.01. The van der Waals surface area contributed by atoms with Crippen LogP contribution in [-0.4, -0.2) is 52.2 Å². The number of rotatable bonds is 4. The van der Waals surface area contributed by atoms with Crippen LogP contribution in [0.15, 0.2) is 29.2 Å². The van der Waals surface area contributed by atoms with Gasteiger partial charge in [-0.3, -0.25) is 5.10 Å². The van der Waals surface area contributed by atoms with Crippen molar-refractivity contribution in [3.8, 4) is 0 Å². The Labute approximate surface area is 136 Å². The molecule has 0 amide bonds. The molecule has 1 aliphatic heterocycles. The Hall–Kier alpha value is -2.30. The van der Waals surface area contributed by atoms with E-state index in [-0.39, 0.29) is 24.3 Å². The van der Waals surface area contributed by atoms with E-state index in [1.807, 2.05) is 0 Å². The van der Waals surface area contributed by atoms with Crippen LogP contribution in [0.3, 0.4) is 0 Å². The zero-order valence-electron chi connectivity index (χ0n) is 12.5. The van der Waals surface area contributed by atoms with Gasteiger partial charge in [0.1, 0.15) is 16.3 Å². The second-order valence-corrected chi connectivity index (χ2v) is 7.52. The van der Waals surface area contributed by atoms with Crippen LogP contribution in [0.4, 0.5) is 4.39 Å². The van der Waals surface area contributed by atoms with Crippen molar-refractivity contribution in [3.05, 3.63) is 47.0 Å². The summed E-state index contributed by atoms with van der Waals surface area (Å²) in [7, 11) is -4.15. The lowest BCUT2D eigenvalue weighted by molar-refractivity contribution is -0.0650. The van der Waals surface area contributed by atoms with E-state index in [2.05, 4.69) is 10.2 Å². The number of carboxylic acids is 1. The van der Waals surface area contributed by atoms with Crippen LogP contribution in [0.2, 0.25) is 0 Å². The van der Waals surface area contributed by atoms with Crippen molar-refractivity contribution in [1.29, 1.82) is 0 Å². The predicted octanol–water partition coefficient (Wildman–Crippen LogP) is 0.448. The molecule has 2 aromatic rings. The highest BCUT2D eigenvalue weighted by molar-refractivity contribution is 7.89. The summed E-state index contributed by atoms with van der Waals surface area (Å²) in [4.78, 5) is 10.7. The van der Waals surface area contributed by atoms with E-state index < -0.39 is 38.0 Å². The third-order valence-electron chi connectivity index (χ3n) is 3.93. The van der Waals surface area contributed by atoms with Crippen LogP contribution in [0.5, 0.6) is 0 Å². The van der Waals surface area contributed by atoms with Crippen molar-refractivity contribution >= 4 is 16.0 Å². The molecule has 3 rings (SSSR count). The molecule has 0 saturated carbocycles. The fourth-order valence-electron chi connectivity index (χ4n) is 2.68. The maximum atomic E-state index is 13.3. The standard InChI is InChI=1S/C14H14FN3O5S/c1-8-12(11(13(19)20)17-16-8)24(22,23)18-6-14(21,7-18)9-3-2-4-10(15)5-9/h2-5,21H,6-7H2,1H3,(H,16,17)(H,19,20).